The molecule has 1 atom stereocenters. The summed E-state index contributed by atoms with van der Waals surface area (Å²) in [7, 11) is -3.66. The minimum atomic E-state index is -3.66. The number of nitrogens with zero attached hydrogens (tertiary/aromatic N) is 3. The molecular formula is C28H38N6O3S. The van der Waals surface area contributed by atoms with Gasteiger partial charge in [0.25, 0.3) is 0 Å². The summed E-state index contributed by atoms with van der Waals surface area (Å²) in [5.74, 6) is 2.60. The van der Waals surface area contributed by atoms with Gasteiger partial charge in [0.1, 0.15) is 18.2 Å². The first kappa shape index (κ1) is 27.8. The van der Waals surface area contributed by atoms with E-state index in [-0.39, 0.29) is 4.90 Å². The minimum Gasteiger partial charge on any atom is -0.492 e. The quantitative estimate of drug-likeness (QED) is 0.328. The molecule has 9 nitrogen and oxygen atoms in total. The molecule has 0 radical (unpaired) electrons. The second-order valence-corrected chi connectivity index (χ2v) is 12.6. The lowest BCUT2D eigenvalue weighted by Crippen LogP contribution is -2.40. The van der Waals surface area contributed by atoms with Crippen molar-refractivity contribution >= 4 is 33.2 Å². The zero-order chi connectivity index (χ0) is 27.3. The normalized spacial score (nSPS) is 16.4. The van der Waals surface area contributed by atoms with Crippen molar-refractivity contribution in [2.75, 3.05) is 36.9 Å². The molecule has 1 aromatic heterocycles. The van der Waals surface area contributed by atoms with E-state index < -0.39 is 15.6 Å². The van der Waals surface area contributed by atoms with Crippen LogP contribution in [0.25, 0.3) is 0 Å². The van der Waals surface area contributed by atoms with E-state index in [9.17, 15) is 8.42 Å². The fourth-order valence-electron chi connectivity index (χ4n) is 4.25. The number of hydrogen-bond acceptors (Lipinski definition) is 8. The zero-order valence-corrected chi connectivity index (χ0v) is 23.6. The zero-order valence-electron chi connectivity index (χ0n) is 22.8. The van der Waals surface area contributed by atoms with Crippen LogP contribution in [0.4, 0.5) is 23.1 Å². The molecule has 4 rings (SSSR count). The third-order valence-corrected chi connectivity index (χ3v) is 7.87. The number of aryl methyl sites for hydroxylation is 1. The highest BCUT2D eigenvalue weighted by Gasteiger charge is 2.22. The van der Waals surface area contributed by atoms with Gasteiger partial charge >= 0.3 is 0 Å². The van der Waals surface area contributed by atoms with E-state index in [2.05, 4.69) is 37.1 Å². The summed E-state index contributed by atoms with van der Waals surface area (Å²) < 4.78 is 34.1. The van der Waals surface area contributed by atoms with Crippen molar-refractivity contribution in [1.29, 1.82) is 0 Å². The molecule has 0 aliphatic carbocycles. The Morgan fingerprint density at radius 3 is 2.53 bits per heavy atom. The van der Waals surface area contributed by atoms with E-state index in [4.69, 9.17) is 4.74 Å². The van der Waals surface area contributed by atoms with Gasteiger partial charge in [0.2, 0.25) is 16.0 Å². The minimum absolute atomic E-state index is 0.180. The van der Waals surface area contributed by atoms with Gasteiger partial charge in [-0.2, -0.15) is 4.98 Å². The van der Waals surface area contributed by atoms with Crippen LogP contribution in [0.1, 0.15) is 39.7 Å². The largest absolute Gasteiger partial charge is 0.492 e. The van der Waals surface area contributed by atoms with Crippen molar-refractivity contribution in [1.82, 2.24) is 19.6 Å². The third kappa shape index (κ3) is 7.89. The second-order valence-electron chi connectivity index (χ2n) is 10.9. The second kappa shape index (κ2) is 11.7. The van der Waals surface area contributed by atoms with Gasteiger partial charge in [-0.15, -0.1) is 0 Å². The van der Waals surface area contributed by atoms with Crippen molar-refractivity contribution in [2.45, 2.75) is 51.5 Å². The molecule has 1 fully saturated rings. The number of anilines is 4. The standard InChI is InChI=1S/C28H38N6O3S/c1-20-13-14-34(19-20)15-16-37-24-11-9-22(10-12-24)31-27-29-18-21(2)26(32-27)30-23-7-6-8-25(17-23)38(35,36)33-28(3,4)5/h6-12,17-18,20,33H,13-16,19H2,1-5H3,(H2,29,30,31,32). The lowest BCUT2D eigenvalue weighted by Gasteiger charge is -2.20. The molecule has 0 amide bonds. The molecular weight excluding hydrogens is 500 g/mol. The third-order valence-electron chi connectivity index (χ3n) is 6.11. The van der Waals surface area contributed by atoms with Crippen molar-refractivity contribution < 1.29 is 13.2 Å². The monoisotopic (exact) mass is 538 g/mol. The number of ether oxygens (including phenoxy) is 1. The summed E-state index contributed by atoms with van der Waals surface area (Å²) >= 11 is 0. The van der Waals surface area contributed by atoms with Crippen LogP contribution in [-0.4, -0.2) is 55.1 Å². The number of benzene rings is 2. The molecule has 38 heavy (non-hydrogen) atoms. The van der Waals surface area contributed by atoms with Crippen LogP contribution in [0.2, 0.25) is 0 Å². The van der Waals surface area contributed by atoms with Gasteiger partial charge in [0.15, 0.2) is 0 Å². The Morgan fingerprint density at radius 1 is 1.08 bits per heavy atom. The maximum atomic E-state index is 12.7. The number of hydrogen-bond donors (Lipinski definition) is 3. The first-order valence-electron chi connectivity index (χ1n) is 12.9. The Morgan fingerprint density at radius 2 is 1.84 bits per heavy atom. The number of sulfonamides is 1. The number of nitrogens with one attached hydrogen (secondary N) is 3. The molecule has 0 spiro atoms. The topological polar surface area (TPSA) is 108 Å². The molecule has 2 aromatic carbocycles. The predicted molar refractivity (Wildman–Crippen MR) is 152 cm³/mol. The summed E-state index contributed by atoms with van der Waals surface area (Å²) in [4.78, 5) is 11.6. The fourth-order valence-corrected chi connectivity index (χ4v) is 5.72. The summed E-state index contributed by atoms with van der Waals surface area (Å²) in [5, 5.41) is 6.44. The highest BCUT2D eigenvalue weighted by molar-refractivity contribution is 7.89. The van der Waals surface area contributed by atoms with Gasteiger partial charge in [-0.3, -0.25) is 4.90 Å². The fraction of sp³-hybridized carbons (Fsp3) is 0.429. The number of aromatic nitrogens is 2. The molecule has 1 unspecified atom stereocenters. The molecule has 10 heteroatoms. The molecule has 204 valence electrons. The van der Waals surface area contributed by atoms with Crippen molar-refractivity contribution in [3.63, 3.8) is 0 Å². The smallest absolute Gasteiger partial charge is 0.241 e. The van der Waals surface area contributed by atoms with Crippen LogP contribution in [0, 0.1) is 12.8 Å². The summed E-state index contributed by atoms with van der Waals surface area (Å²) in [6.07, 6.45) is 2.98. The van der Waals surface area contributed by atoms with Gasteiger partial charge in [0.05, 0.1) is 4.90 Å². The molecule has 1 saturated heterocycles. The van der Waals surface area contributed by atoms with Crippen LogP contribution in [0.15, 0.2) is 59.6 Å². The lowest BCUT2D eigenvalue weighted by molar-refractivity contribution is 0.234. The molecule has 1 aliphatic rings. The maximum absolute atomic E-state index is 12.7. The lowest BCUT2D eigenvalue weighted by atomic mass is 10.1. The first-order valence-corrected chi connectivity index (χ1v) is 14.4. The molecule has 0 bridgehead atoms. The average molecular weight is 539 g/mol. The number of rotatable bonds is 10. The highest BCUT2D eigenvalue weighted by atomic mass is 32.2. The Labute approximate surface area is 226 Å². The molecule has 3 aromatic rings. The highest BCUT2D eigenvalue weighted by Crippen LogP contribution is 2.24. The van der Waals surface area contributed by atoms with E-state index in [1.807, 2.05) is 52.0 Å². The van der Waals surface area contributed by atoms with Crippen LogP contribution in [0.5, 0.6) is 5.75 Å². The van der Waals surface area contributed by atoms with Gasteiger partial charge in [-0.25, -0.2) is 18.1 Å². The van der Waals surface area contributed by atoms with Crippen molar-refractivity contribution in [2.24, 2.45) is 5.92 Å². The van der Waals surface area contributed by atoms with Crippen LogP contribution >= 0.6 is 0 Å². The summed E-state index contributed by atoms with van der Waals surface area (Å²) in [6, 6.07) is 14.4. The predicted octanol–water partition coefficient (Wildman–Crippen LogP) is 5.07. The first-order chi connectivity index (χ1) is 18.0. The Hall–Kier alpha value is -3.21. The summed E-state index contributed by atoms with van der Waals surface area (Å²) in [6.45, 7) is 13.5. The number of likely N-dealkylation sites (tertiary alicyclic amines) is 1. The van der Waals surface area contributed by atoms with E-state index in [1.165, 1.54) is 6.42 Å². The van der Waals surface area contributed by atoms with E-state index in [0.717, 1.165) is 42.6 Å². The molecule has 2 heterocycles. The van der Waals surface area contributed by atoms with E-state index in [0.29, 0.717) is 24.1 Å². The van der Waals surface area contributed by atoms with Crippen molar-refractivity contribution in [3.05, 3.63) is 60.3 Å². The van der Waals surface area contributed by atoms with Crippen LogP contribution in [-0.2, 0) is 10.0 Å². The molecule has 3 N–H and O–H groups in total. The SMILES string of the molecule is Cc1cnc(Nc2ccc(OCCN3CCC(C)C3)cc2)nc1Nc1cccc(S(=O)(=O)NC(C)(C)C)c1. The summed E-state index contributed by atoms with van der Waals surface area (Å²) in [5.41, 5.74) is 1.69. The Kier molecular flexibility index (Phi) is 8.54. The van der Waals surface area contributed by atoms with Gasteiger partial charge < -0.3 is 15.4 Å². The van der Waals surface area contributed by atoms with Crippen molar-refractivity contribution in [3.8, 4) is 5.75 Å². The maximum Gasteiger partial charge on any atom is 0.241 e. The Balaban J connectivity index is 1.38. The Bertz CT molecular complexity index is 1340. The van der Waals surface area contributed by atoms with E-state index >= 15 is 0 Å². The van der Waals surface area contributed by atoms with Gasteiger partial charge in [0, 0.05) is 41.8 Å². The molecule has 0 saturated carbocycles. The van der Waals surface area contributed by atoms with E-state index in [1.54, 1.807) is 30.5 Å². The average Bonchev–Trinajstić information content (AvgIpc) is 3.26. The van der Waals surface area contributed by atoms with Gasteiger partial charge in [-0.05, 0) is 89.0 Å². The van der Waals surface area contributed by atoms with Crippen LogP contribution in [0.3, 0.4) is 0 Å². The molecule has 1 aliphatic heterocycles. The van der Waals surface area contributed by atoms with Gasteiger partial charge in [-0.1, -0.05) is 13.0 Å². The van der Waals surface area contributed by atoms with Crippen LogP contribution < -0.4 is 20.1 Å².